The van der Waals surface area contributed by atoms with E-state index in [9.17, 15) is 9.59 Å². The van der Waals surface area contributed by atoms with Gasteiger partial charge in [-0.25, -0.2) is 4.79 Å². The minimum atomic E-state index is -0.734. The standard InChI is InChI=1S/C8H11N3O2/c1-5-3-6(10-8(9)13)7(12)11(2)4-5/h3-4H,1-2H3,(H3,9,10,13). The number of primary amides is 1. The summed E-state index contributed by atoms with van der Waals surface area (Å²) < 4.78 is 1.39. The summed E-state index contributed by atoms with van der Waals surface area (Å²) >= 11 is 0. The molecule has 0 aliphatic carbocycles. The fourth-order valence-electron chi connectivity index (χ4n) is 1.10. The van der Waals surface area contributed by atoms with Crippen LogP contribution in [0.4, 0.5) is 10.5 Å². The van der Waals surface area contributed by atoms with E-state index >= 15 is 0 Å². The quantitative estimate of drug-likeness (QED) is 0.648. The normalized spacial score (nSPS) is 9.69. The monoisotopic (exact) mass is 181 g/mol. The second-order valence-corrected chi connectivity index (χ2v) is 2.84. The zero-order valence-electron chi connectivity index (χ0n) is 7.50. The summed E-state index contributed by atoms with van der Waals surface area (Å²) in [6, 6.07) is 0.843. The molecule has 0 radical (unpaired) electrons. The molecule has 5 heteroatoms. The fourth-order valence-corrected chi connectivity index (χ4v) is 1.10. The number of nitrogens with zero attached hydrogens (tertiary/aromatic N) is 1. The Kier molecular flexibility index (Phi) is 2.36. The Morgan fingerprint density at radius 2 is 2.23 bits per heavy atom. The summed E-state index contributed by atoms with van der Waals surface area (Å²) in [6.45, 7) is 1.83. The first kappa shape index (κ1) is 9.31. The zero-order valence-corrected chi connectivity index (χ0v) is 7.50. The molecular weight excluding hydrogens is 170 g/mol. The first-order valence-electron chi connectivity index (χ1n) is 3.74. The van der Waals surface area contributed by atoms with Gasteiger partial charge in [-0.15, -0.1) is 0 Å². The fraction of sp³-hybridized carbons (Fsp3) is 0.250. The highest BCUT2D eigenvalue weighted by atomic mass is 16.2. The van der Waals surface area contributed by atoms with E-state index in [0.717, 1.165) is 5.56 Å². The number of amides is 2. The van der Waals surface area contributed by atoms with Crippen molar-refractivity contribution in [1.82, 2.24) is 4.57 Å². The molecule has 2 amide bonds. The number of carbonyl (C=O) groups is 1. The van der Waals surface area contributed by atoms with Crippen molar-refractivity contribution in [3.8, 4) is 0 Å². The minimum Gasteiger partial charge on any atom is -0.351 e. The molecule has 70 valence electrons. The number of carbonyl (C=O) groups excluding carboxylic acids is 1. The van der Waals surface area contributed by atoms with Crippen LogP contribution in [-0.2, 0) is 7.05 Å². The lowest BCUT2D eigenvalue weighted by Crippen LogP contribution is -2.27. The maximum atomic E-state index is 11.3. The molecule has 1 aromatic rings. The van der Waals surface area contributed by atoms with E-state index in [-0.39, 0.29) is 11.2 Å². The van der Waals surface area contributed by atoms with E-state index in [4.69, 9.17) is 5.73 Å². The van der Waals surface area contributed by atoms with Gasteiger partial charge in [0, 0.05) is 13.2 Å². The highest BCUT2D eigenvalue weighted by molar-refractivity contribution is 5.87. The second kappa shape index (κ2) is 3.30. The van der Waals surface area contributed by atoms with Gasteiger partial charge in [0.25, 0.3) is 5.56 Å². The highest BCUT2D eigenvalue weighted by Gasteiger charge is 2.03. The summed E-state index contributed by atoms with van der Waals surface area (Å²) in [4.78, 5) is 21.9. The molecular formula is C8H11N3O2. The van der Waals surface area contributed by atoms with Crippen LogP contribution in [0.3, 0.4) is 0 Å². The number of hydrogen-bond acceptors (Lipinski definition) is 2. The Morgan fingerprint density at radius 3 is 2.77 bits per heavy atom. The SMILES string of the molecule is Cc1cc(NC(N)=O)c(=O)n(C)c1. The summed E-state index contributed by atoms with van der Waals surface area (Å²) in [7, 11) is 1.61. The van der Waals surface area contributed by atoms with Crippen LogP contribution in [0.2, 0.25) is 0 Å². The molecule has 0 aliphatic heterocycles. The van der Waals surface area contributed by atoms with Gasteiger partial charge < -0.3 is 15.6 Å². The van der Waals surface area contributed by atoms with Gasteiger partial charge in [-0.05, 0) is 18.6 Å². The zero-order chi connectivity index (χ0) is 10.0. The Morgan fingerprint density at radius 1 is 1.62 bits per heavy atom. The number of aromatic nitrogens is 1. The number of urea groups is 1. The van der Waals surface area contributed by atoms with E-state index in [2.05, 4.69) is 5.32 Å². The number of anilines is 1. The lowest BCUT2D eigenvalue weighted by atomic mass is 10.3. The minimum absolute atomic E-state index is 0.204. The number of aryl methyl sites for hydroxylation is 2. The van der Waals surface area contributed by atoms with Gasteiger partial charge in [-0.1, -0.05) is 0 Å². The van der Waals surface area contributed by atoms with E-state index in [1.807, 2.05) is 6.92 Å². The maximum Gasteiger partial charge on any atom is 0.316 e. The van der Waals surface area contributed by atoms with Crippen molar-refractivity contribution in [3.63, 3.8) is 0 Å². The largest absolute Gasteiger partial charge is 0.351 e. The Labute approximate surface area is 75.2 Å². The molecule has 0 atom stereocenters. The Bertz CT molecular complexity index is 395. The van der Waals surface area contributed by atoms with Crippen LogP contribution in [0.25, 0.3) is 0 Å². The van der Waals surface area contributed by atoms with Crippen molar-refractivity contribution in [2.24, 2.45) is 12.8 Å². The number of nitrogens with two attached hydrogens (primary N) is 1. The van der Waals surface area contributed by atoms with Crippen LogP contribution in [-0.4, -0.2) is 10.6 Å². The molecule has 0 saturated heterocycles. The average molecular weight is 181 g/mol. The molecule has 0 fully saturated rings. The second-order valence-electron chi connectivity index (χ2n) is 2.84. The summed E-state index contributed by atoms with van der Waals surface area (Å²) in [5.74, 6) is 0. The molecule has 0 aromatic carbocycles. The lowest BCUT2D eigenvalue weighted by Gasteiger charge is -2.04. The molecule has 1 rings (SSSR count). The molecule has 0 spiro atoms. The molecule has 0 saturated carbocycles. The van der Waals surface area contributed by atoms with Crippen LogP contribution in [0.15, 0.2) is 17.1 Å². The number of nitrogens with one attached hydrogen (secondary N) is 1. The van der Waals surface area contributed by atoms with E-state index < -0.39 is 6.03 Å². The molecule has 13 heavy (non-hydrogen) atoms. The van der Waals surface area contributed by atoms with Gasteiger partial charge in [0.05, 0.1) is 0 Å². The first-order chi connectivity index (χ1) is 6.00. The molecule has 0 bridgehead atoms. The van der Waals surface area contributed by atoms with Crippen molar-refractivity contribution in [2.45, 2.75) is 6.92 Å². The smallest absolute Gasteiger partial charge is 0.316 e. The molecule has 1 heterocycles. The lowest BCUT2D eigenvalue weighted by molar-refractivity contribution is 0.259. The molecule has 3 N–H and O–H groups in total. The molecule has 1 aromatic heterocycles. The van der Waals surface area contributed by atoms with Crippen molar-refractivity contribution in [2.75, 3.05) is 5.32 Å². The highest BCUT2D eigenvalue weighted by Crippen LogP contribution is 2.02. The van der Waals surface area contributed by atoms with Crippen LogP contribution in [0.5, 0.6) is 0 Å². The third kappa shape index (κ3) is 2.08. The van der Waals surface area contributed by atoms with Gasteiger partial charge in [0.15, 0.2) is 0 Å². The van der Waals surface area contributed by atoms with Crippen molar-refractivity contribution in [3.05, 3.63) is 28.2 Å². The topological polar surface area (TPSA) is 77.1 Å². The summed E-state index contributed by atoms with van der Waals surface area (Å²) in [6.07, 6.45) is 1.68. The van der Waals surface area contributed by atoms with Crippen LogP contribution in [0.1, 0.15) is 5.56 Å². The van der Waals surface area contributed by atoms with Crippen molar-refractivity contribution in [1.29, 1.82) is 0 Å². The van der Waals surface area contributed by atoms with Crippen molar-refractivity contribution >= 4 is 11.7 Å². The third-order valence-electron chi connectivity index (χ3n) is 1.58. The van der Waals surface area contributed by atoms with E-state index in [1.54, 1.807) is 19.3 Å². The summed E-state index contributed by atoms with van der Waals surface area (Å²) in [5.41, 5.74) is 5.71. The van der Waals surface area contributed by atoms with Gasteiger partial charge in [-0.3, -0.25) is 4.79 Å². The molecule has 5 nitrogen and oxygen atoms in total. The third-order valence-corrected chi connectivity index (χ3v) is 1.58. The van der Waals surface area contributed by atoms with Gasteiger partial charge in [-0.2, -0.15) is 0 Å². The van der Waals surface area contributed by atoms with Gasteiger partial charge >= 0.3 is 6.03 Å². The van der Waals surface area contributed by atoms with Gasteiger partial charge in [0.2, 0.25) is 0 Å². The van der Waals surface area contributed by atoms with Crippen LogP contribution in [0, 0.1) is 6.92 Å². The number of rotatable bonds is 1. The van der Waals surface area contributed by atoms with E-state index in [1.165, 1.54) is 4.57 Å². The first-order valence-corrected chi connectivity index (χ1v) is 3.74. The Balaban J connectivity index is 3.21. The van der Waals surface area contributed by atoms with Gasteiger partial charge in [0.1, 0.15) is 5.69 Å². The maximum absolute atomic E-state index is 11.3. The molecule has 0 aliphatic rings. The summed E-state index contributed by atoms with van der Waals surface area (Å²) in [5, 5.41) is 2.26. The number of pyridine rings is 1. The average Bonchev–Trinajstić information content (AvgIpc) is 1.98. The van der Waals surface area contributed by atoms with Crippen molar-refractivity contribution < 1.29 is 4.79 Å². The van der Waals surface area contributed by atoms with E-state index in [0.29, 0.717) is 0 Å². The Hall–Kier alpha value is -1.78. The predicted octanol–water partition coefficient (Wildman–Crippen LogP) is 0.184. The molecule has 0 unspecified atom stereocenters. The van der Waals surface area contributed by atoms with Crippen LogP contribution >= 0.6 is 0 Å². The number of hydrogen-bond donors (Lipinski definition) is 2. The predicted molar refractivity (Wildman–Crippen MR) is 49.6 cm³/mol. The van der Waals surface area contributed by atoms with Crippen LogP contribution < -0.4 is 16.6 Å².